The number of hydrogen-bond acceptors (Lipinski definition) is 8. The maximum atomic E-state index is 11.9. The van der Waals surface area contributed by atoms with Crippen LogP contribution in [0, 0.1) is 19.3 Å². The number of piperidine rings is 1. The van der Waals surface area contributed by atoms with Crippen LogP contribution in [-0.4, -0.2) is 59.0 Å². The van der Waals surface area contributed by atoms with E-state index in [1.165, 1.54) is 22.9 Å². The lowest BCUT2D eigenvalue weighted by atomic mass is 9.82. The minimum absolute atomic E-state index is 0.0261. The van der Waals surface area contributed by atoms with Gasteiger partial charge in [0.25, 0.3) is 0 Å². The Morgan fingerprint density at radius 3 is 2.45 bits per heavy atom. The number of aryl methyl sites for hydroxylation is 2. The van der Waals surface area contributed by atoms with E-state index in [1.807, 2.05) is 19.2 Å². The minimum atomic E-state index is -0.824. The molecule has 8 nitrogen and oxygen atoms in total. The average molecular weight is 562 g/mol. The maximum Gasteiger partial charge on any atom is 0.307 e. The smallest absolute Gasteiger partial charge is 0.307 e. The lowest BCUT2D eigenvalue weighted by Crippen LogP contribution is -2.38. The number of anilines is 2. The Morgan fingerprint density at radius 1 is 1.02 bits per heavy atom. The van der Waals surface area contributed by atoms with Gasteiger partial charge in [-0.05, 0) is 61.5 Å². The van der Waals surface area contributed by atoms with Crippen LogP contribution in [0.25, 0.3) is 11.1 Å². The predicted octanol–water partition coefficient (Wildman–Crippen LogP) is 5.70. The van der Waals surface area contributed by atoms with Gasteiger partial charge in [-0.3, -0.25) is 9.78 Å². The van der Waals surface area contributed by atoms with Gasteiger partial charge in [0.1, 0.15) is 5.82 Å². The molecule has 0 amide bonds. The molecule has 1 fully saturated rings. The Kier molecular flexibility index (Phi) is 7.95. The number of ether oxygens (including phenoxy) is 1. The van der Waals surface area contributed by atoms with E-state index in [0.29, 0.717) is 16.5 Å². The number of hydrogen-bond donors (Lipinski definition) is 1. The molecule has 40 heavy (non-hydrogen) atoms. The van der Waals surface area contributed by atoms with Crippen LogP contribution in [0.2, 0.25) is 0 Å². The lowest BCUT2D eigenvalue weighted by molar-refractivity contribution is -0.136. The van der Waals surface area contributed by atoms with E-state index in [4.69, 9.17) is 14.7 Å². The van der Waals surface area contributed by atoms with E-state index in [9.17, 15) is 9.90 Å². The molecule has 1 N–H and O–H groups in total. The Bertz CT molecular complexity index is 1410. The molecule has 0 saturated carbocycles. The Balaban J connectivity index is 1.53. The molecule has 5 rings (SSSR count). The number of carbonyl (C=O) groups is 1. The topological polar surface area (TPSA) is 91.7 Å². The van der Waals surface area contributed by atoms with Gasteiger partial charge in [0.2, 0.25) is 5.88 Å². The van der Waals surface area contributed by atoms with Crippen LogP contribution < -0.4 is 14.5 Å². The van der Waals surface area contributed by atoms with Crippen molar-refractivity contribution in [2.45, 2.75) is 65.1 Å². The average Bonchev–Trinajstić information content (AvgIpc) is 2.93. The second-order valence-corrected chi connectivity index (χ2v) is 12.4. The second-order valence-electron chi connectivity index (χ2n) is 11.6. The van der Waals surface area contributed by atoms with Crippen molar-refractivity contribution in [2.24, 2.45) is 5.41 Å². The van der Waals surface area contributed by atoms with E-state index in [0.717, 1.165) is 85.0 Å². The standard InChI is InChI=1S/C31H39N5O3S/c1-19-24(16-27(37)38)29(35-13-10-31(3,4)11-14-35)28(20(2)32-19)22-7-8-23-18-36(12-9-21(23)15-22)25-17-26(39-5)34-30(33-25)40-6/h7-8,15,17H,9-14,16,18H2,1-6H3,(H,37,38). The highest BCUT2D eigenvalue weighted by Crippen LogP contribution is 2.42. The zero-order chi connectivity index (χ0) is 28.6. The summed E-state index contributed by atoms with van der Waals surface area (Å²) < 4.78 is 5.41. The van der Waals surface area contributed by atoms with E-state index in [2.05, 4.69) is 53.8 Å². The van der Waals surface area contributed by atoms with Crippen LogP contribution in [0.15, 0.2) is 29.4 Å². The predicted molar refractivity (Wildman–Crippen MR) is 161 cm³/mol. The number of carboxylic acid groups (broad SMARTS) is 1. The van der Waals surface area contributed by atoms with Crippen molar-refractivity contribution >= 4 is 29.2 Å². The molecule has 0 unspecified atom stereocenters. The highest BCUT2D eigenvalue weighted by molar-refractivity contribution is 7.98. The van der Waals surface area contributed by atoms with Crippen molar-refractivity contribution in [1.29, 1.82) is 0 Å². The number of aliphatic carboxylic acids is 1. The molecular formula is C31H39N5O3S. The van der Waals surface area contributed by atoms with Gasteiger partial charge in [0.05, 0.1) is 19.2 Å². The monoisotopic (exact) mass is 561 g/mol. The SMILES string of the molecule is COc1cc(N2CCc3cc(-c4c(C)nc(C)c(CC(=O)O)c4N4CCC(C)(C)CC4)ccc3C2)nc(SC)n1. The van der Waals surface area contributed by atoms with Gasteiger partial charge in [0, 0.05) is 54.8 Å². The summed E-state index contributed by atoms with van der Waals surface area (Å²) in [6.45, 7) is 12.1. The molecule has 4 heterocycles. The second kappa shape index (κ2) is 11.3. The van der Waals surface area contributed by atoms with E-state index in [-0.39, 0.29) is 6.42 Å². The van der Waals surface area contributed by atoms with Crippen LogP contribution in [0.4, 0.5) is 11.5 Å². The molecule has 212 valence electrons. The molecule has 2 aliphatic heterocycles. The van der Waals surface area contributed by atoms with Crippen LogP contribution in [-0.2, 0) is 24.2 Å². The first-order chi connectivity index (χ1) is 19.1. The lowest BCUT2D eigenvalue weighted by Gasteiger charge is -2.40. The fraction of sp³-hybridized carbons (Fsp3) is 0.484. The van der Waals surface area contributed by atoms with Gasteiger partial charge < -0.3 is 19.6 Å². The fourth-order valence-electron chi connectivity index (χ4n) is 5.92. The van der Waals surface area contributed by atoms with Crippen molar-refractivity contribution in [2.75, 3.05) is 42.8 Å². The van der Waals surface area contributed by atoms with E-state index < -0.39 is 5.97 Å². The summed E-state index contributed by atoms with van der Waals surface area (Å²) in [7, 11) is 1.63. The van der Waals surface area contributed by atoms with Crippen LogP contribution in [0.1, 0.15) is 54.8 Å². The minimum Gasteiger partial charge on any atom is -0.481 e. The number of pyridine rings is 1. The Hall–Kier alpha value is -3.33. The first-order valence-corrected chi connectivity index (χ1v) is 15.1. The molecule has 1 aromatic carbocycles. The molecule has 2 aromatic heterocycles. The van der Waals surface area contributed by atoms with Gasteiger partial charge in [-0.15, -0.1) is 0 Å². The highest BCUT2D eigenvalue weighted by atomic mass is 32.2. The summed E-state index contributed by atoms with van der Waals surface area (Å²) in [5.41, 5.74) is 8.69. The Morgan fingerprint density at radius 2 is 1.77 bits per heavy atom. The van der Waals surface area contributed by atoms with Crippen LogP contribution in [0.5, 0.6) is 5.88 Å². The quantitative estimate of drug-likeness (QED) is 0.288. The van der Waals surface area contributed by atoms with Crippen molar-refractivity contribution in [3.63, 3.8) is 0 Å². The first-order valence-electron chi connectivity index (χ1n) is 13.9. The molecule has 0 atom stereocenters. The number of thioether (sulfide) groups is 1. The number of carboxylic acids is 1. The third-order valence-electron chi connectivity index (χ3n) is 8.31. The summed E-state index contributed by atoms with van der Waals surface area (Å²) in [4.78, 5) is 30.6. The zero-order valence-electron chi connectivity index (χ0n) is 24.4. The third kappa shape index (κ3) is 5.75. The summed E-state index contributed by atoms with van der Waals surface area (Å²) in [5.74, 6) is 0.622. The van der Waals surface area contributed by atoms with E-state index in [1.54, 1.807) is 7.11 Å². The normalized spacial score (nSPS) is 16.6. The molecular weight excluding hydrogens is 522 g/mol. The highest BCUT2D eigenvalue weighted by Gasteiger charge is 2.30. The third-order valence-corrected chi connectivity index (χ3v) is 8.86. The van der Waals surface area contributed by atoms with Crippen LogP contribution >= 0.6 is 11.8 Å². The number of methoxy groups -OCH3 is 1. The van der Waals surface area contributed by atoms with Crippen molar-refractivity contribution in [3.05, 3.63) is 52.3 Å². The molecule has 1 saturated heterocycles. The Labute approximate surface area is 241 Å². The van der Waals surface area contributed by atoms with Crippen LogP contribution in [0.3, 0.4) is 0 Å². The van der Waals surface area contributed by atoms with Gasteiger partial charge >= 0.3 is 5.97 Å². The van der Waals surface area contributed by atoms with Gasteiger partial charge in [-0.1, -0.05) is 43.8 Å². The largest absolute Gasteiger partial charge is 0.481 e. The molecule has 0 spiro atoms. The maximum absolute atomic E-state index is 11.9. The first kappa shape index (κ1) is 28.2. The molecule has 9 heteroatoms. The summed E-state index contributed by atoms with van der Waals surface area (Å²) in [6, 6.07) is 8.58. The summed E-state index contributed by atoms with van der Waals surface area (Å²) in [6.07, 6.45) is 4.98. The molecule has 0 radical (unpaired) electrons. The molecule has 2 aliphatic rings. The van der Waals surface area contributed by atoms with Gasteiger partial charge in [0.15, 0.2) is 5.16 Å². The van der Waals surface area contributed by atoms with E-state index >= 15 is 0 Å². The van der Waals surface area contributed by atoms with Gasteiger partial charge in [-0.25, -0.2) is 4.98 Å². The van der Waals surface area contributed by atoms with Crippen molar-refractivity contribution < 1.29 is 14.6 Å². The molecule has 3 aromatic rings. The number of nitrogens with zero attached hydrogens (tertiary/aromatic N) is 5. The molecule has 0 aliphatic carbocycles. The number of benzene rings is 1. The van der Waals surface area contributed by atoms with Crippen molar-refractivity contribution in [1.82, 2.24) is 15.0 Å². The number of aromatic nitrogens is 3. The zero-order valence-corrected chi connectivity index (χ0v) is 25.2. The van der Waals surface area contributed by atoms with Crippen molar-refractivity contribution in [3.8, 4) is 17.0 Å². The summed E-state index contributed by atoms with van der Waals surface area (Å²) >= 11 is 1.51. The van der Waals surface area contributed by atoms with Gasteiger partial charge in [-0.2, -0.15) is 4.98 Å². The number of rotatable bonds is 7. The summed E-state index contributed by atoms with van der Waals surface area (Å²) in [5, 5.41) is 10.5. The molecule has 0 bridgehead atoms. The fourth-order valence-corrected chi connectivity index (χ4v) is 6.28. The number of fused-ring (bicyclic) bond motifs is 1.